The molecule has 1 rings (SSSR count). The van der Waals surface area contributed by atoms with Crippen LogP contribution in [0.5, 0.6) is 0 Å². The zero-order chi connectivity index (χ0) is 14.1. The van der Waals surface area contributed by atoms with Crippen molar-refractivity contribution in [2.75, 3.05) is 13.2 Å². The summed E-state index contributed by atoms with van der Waals surface area (Å²) < 4.78 is 10.6. The molecule has 0 aliphatic heterocycles. The smallest absolute Gasteiger partial charge is 0.335 e. The van der Waals surface area contributed by atoms with Gasteiger partial charge in [0.05, 0.1) is 6.61 Å². The molecule has 4 heteroatoms. The van der Waals surface area contributed by atoms with Crippen molar-refractivity contribution in [1.82, 2.24) is 0 Å². The van der Waals surface area contributed by atoms with Crippen LogP contribution in [-0.2, 0) is 27.2 Å². The largest absolute Gasteiger partial charge is 0.464 e. The first-order chi connectivity index (χ1) is 9.21. The first-order valence-electron chi connectivity index (χ1n) is 6.77. The van der Waals surface area contributed by atoms with Crippen LogP contribution in [0.3, 0.4) is 0 Å². The molecule has 2 N–H and O–H groups in total. The van der Waals surface area contributed by atoms with Gasteiger partial charge in [-0.2, -0.15) is 0 Å². The van der Waals surface area contributed by atoms with E-state index in [0.29, 0.717) is 26.2 Å². The Morgan fingerprint density at radius 2 is 1.84 bits per heavy atom. The maximum Gasteiger partial charge on any atom is 0.335 e. The van der Waals surface area contributed by atoms with Crippen LogP contribution < -0.4 is 5.73 Å². The molecule has 0 aromatic heterocycles. The maximum absolute atomic E-state index is 11.8. The predicted molar refractivity (Wildman–Crippen MR) is 74.7 cm³/mol. The van der Waals surface area contributed by atoms with Crippen molar-refractivity contribution in [2.45, 2.75) is 39.3 Å². The van der Waals surface area contributed by atoms with Crippen LogP contribution >= 0.6 is 0 Å². The average molecular weight is 265 g/mol. The van der Waals surface area contributed by atoms with Gasteiger partial charge in [0.2, 0.25) is 0 Å². The highest BCUT2D eigenvalue weighted by Crippen LogP contribution is 2.10. The van der Waals surface area contributed by atoms with Crippen LogP contribution in [0.1, 0.15) is 31.4 Å². The molecule has 0 bridgehead atoms. The molecule has 0 saturated carbocycles. The number of nitrogens with two attached hydrogens (primary N) is 1. The van der Waals surface area contributed by atoms with Crippen molar-refractivity contribution in [3.63, 3.8) is 0 Å². The molecule has 0 radical (unpaired) electrons. The number of hydrogen-bond acceptors (Lipinski definition) is 4. The quantitative estimate of drug-likeness (QED) is 0.731. The van der Waals surface area contributed by atoms with E-state index >= 15 is 0 Å². The van der Waals surface area contributed by atoms with E-state index in [1.165, 1.54) is 0 Å². The second-order valence-electron chi connectivity index (χ2n) is 4.34. The lowest BCUT2D eigenvalue weighted by molar-refractivity contribution is -0.156. The van der Waals surface area contributed by atoms with Gasteiger partial charge >= 0.3 is 5.97 Å². The summed E-state index contributed by atoms with van der Waals surface area (Å²) in [5.41, 5.74) is 7.68. The summed E-state index contributed by atoms with van der Waals surface area (Å²) in [5.74, 6) is -0.293. The molecular formula is C15H23NO3. The SMILES string of the molecule is CCCOC(Cc1ccc(CN)cc1)C(=O)OCC. The van der Waals surface area contributed by atoms with Crippen LogP contribution in [0.4, 0.5) is 0 Å². The molecule has 4 nitrogen and oxygen atoms in total. The van der Waals surface area contributed by atoms with Gasteiger partial charge in [0.1, 0.15) is 0 Å². The van der Waals surface area contributed by atoms with Crippen LogP contribution in [-0.4, -0.2) is 25.3 Å². The monoisotopic (exact) mass is 265 g/mol. The Kier molecular flexibility index (Phi) is 7.15. The Bertz CT molecular complexity index is 375. The Hall–Kier alpha value is -1.39. The van der Waals surface area contributed by atoms with Crippen LogP contribution in [0.15, 0.2) is 24.3 Å². The van der Waals surface area contributed by atoms with Crippen molar-refractivity contribution >= 4 is 5.97 Å². The van der Waals surface area contributed by atoms with E-state index in [9.17, 15) is 4.79 Å². The van der Waals surface area contributed by atoms with Gasteiger partial charge in [0.25, 0.3) is 0 Å². The second kappa shape index (κ2) is 8.67. The molecule has 0 spiro atoms. The lowest BCUT2D eigenvalue weighted by Gasteiger charge is -2.16. The summed E-state index contributed by atoms with van der Waals surface area (Å²) in [4.78, 5) is 11.8. The summed E-state index contributed by atoms with van der Waals surface area (Å²) >= 11 is 0. The molecule has 1 atom stereocenters. The van der Waals surface area contributed by atoms with Gasteiger partial charge in [-0.25, -0.2) is 4.79 Å². The zero-order valence-corrected chi connectivity index (χ0v) is 11.7. The molecule has 0 aliphatic carbocycles. The summed E-state index contributed by atoms with van der Waals surface area (Å²) in [6.07, 6.45) is 0.884. The molecule has 0 saturated heterocycles. The highest BCUT2D eigenvalue weighted by Gasteiger charge is 2.20. The van der Waals surface area contributed by atoms with Crippen LogP contribution in [0.25, 0.3) is 0 Å². The molecular weight excluding hydrogens is 242 g/mol. The highest BCUT2D eigenvalue weighted by molar-refractivity contribution is 5.75. The summed E-state index contributed by atoms with van der Waals surface area (Å²) in [5, 5.41) is 0. The number of carbonyl (C=O) groups is 1. The minimum absolute atomic E-state index is 0.293. The summed E-state index contributed by atoms with van der Waals surface area (Å²) in [7, 11) is 0. The lowest BCUT2D eigenvalue weighted by atomic mass is 10.1. The Balaban J connectivity index is 2.66. The average Bonchev–Trinajstić information content (AvgIpc) is 2.44. The van der Waals surface area contributed by atoms with Gasteiger partial charge in [-0.15, -0.1) is 0 Å². The molecule has 0 amide bonds. The van der Waals surface area contributed by atoms with Crippen molar-refractivity contribution in [1.29, 1.82) is 0 Å². The normalized spacial score (nSPS) is 12.2. The van der Waals surface area contributed by atoms with E-state index < -0.39 is 6.10 Å². The predicted octanol–water partition coefficient (Wildman–Crippen LogP) is 2.05. The fourth-order valence-electron chi connectivity index (χ4n) is 1.73. The van der Waals surface area contributed by atoms with Crippen molar-refractivity contribution < 1.29 is 14.3 Å². The Morgan fingerprint density at radius 1 is 1.21 bits per heavy atom. The van der Waals surface area contributed by atoms with E-state index in [4.69, 9.17) is 15.2 Å². The number of rotatable bonds is 8. The second-order valence-corrected chi connectivity index (χ2v) is 4.34. The number of carbonyl (C=O) groups excluding carboxylic acids is 1. The molecule has 0 heterocycles. The van der Waals surface area contributed by atoms with E-state index in [2.05, 4.69) is 0 Å². The molecule has 106 valence electrons. The minimum atomic E-state index is -0.524. The first-order valence-corrected chi connectivity index (χ1v) is 6.77. The summed E-state index contributed by atoms with van der Waals surface area (Å²) in [6, 6.07) is 7.89. The Morgan fingerprint density at radius 3 is 2.37 bits per heavy atom. The maximum atomic E-state index is 11.8. The van der Waals surface area contributed by atoms with Crippen LogP contribution in [0.2, 0.25) is 0 Å². The number of benzene rings is 1. The fraction of sp³-hybridized carbons (Fsp3) is 0.533. The molecule has 1 aromatic carbocycles. The van der Waals surface area contributed by atoms with Crippen molar-refractivity contribution in [2.24, 2.45) is 5.73 Å². The molecule has 1 aromatic rings. The van der Waals surface area contributed by atoms with E-state index in [1.807, 2.05) is 31.2 Å². The number of hydrogen-bond donors (Lipinski definition) is 1. The number of ether oxygens (including phenoxy) is 2. The topological polar surface area (TPSA) is 61.5 Å². The van der Waals surface area contributed by atoms with E-state index in [0.717, 1.165) is 17.5 Å². The minimum Gasteiger partial charge on any atom is -0.464 e. The molecule has 0 fully saturated rings. The third-order valence-corrected chi connectivity index (χ3v) is 2.75. The summed E-state index contributed by atoms with van der Waals surface area (Å²) in [6.45, 7) is 5.26. The van der Waals surface area contributed by atoms with Gasteiger partial charge in [-0.1, -0.05) is 31.2 Å². The van der Waals surface area contributed by atoms with E-state index in [-0.39, 0.29) is 5.97 Å². The van der Waals surface area contributed by atoms with Gasteiger partial charge in [-0.3, -0.25) is 0 Å². The standard InChI is InChI=1S/C15H23NO3/c1-3-9-19-14(15(17)18-4-2)10-12-5-7-13(11-16)8-6-12/h5-8,14H,3-4,9-11,16H2,1-2H3. The van der Waals surface area contributed by atoms with E-state index in [1.54, 1.807) is 6.92 Å². The first kappa shape index (κ1) is 15.7. The van der Waals surface area contributed by atoms with Gasteiger partial charge in [-0.05, 0) is 24.5 Å². The highest BCUT2D eigenvalue weighted by atomic mass is 16.6. The fourth-order valence-corrected chi connectivity index (χ4v) is 1.73. The molecule has 0 aliphatic rings. The molecule has 19 heavy (non-hydrogen) atoms. The van der Waals surface area contributed by atoms with Gasteiger partial charge in [0, 0.05) is 19.6 Å². The van der Waals surface area contributed by atoms with Crippen molar-refractivity contribution in [3.05, 3.63) is 35.4 Å². The molecule has 1 unspecified atom stereocenters. The number of esters is 1. The zero-order valence-electron chi connectivity index (χ0n) is 11.7. The third kappa shape index (κ3) is 5.41. The Labute approximate surface area is 114 Å². The third-order valence-electron chi connectivity index (χ3n) is 2.75. The van der Waals surface area contributed by atoms with Gasteiger partial charge in [0.15, 0.2) is 6.10 Å². The lowest BCUT2D eigenvalue weighted by Crippen LogP contribution is -2.29. The van der Waals surface area contributed by atoms with Crippen molar-refractivity contribution in [3.8, 4) is 0 Å². The van der Waals surface area contributed by atoms with Gasteiger partial charge < -0.3 is 15.2 Å². The van der Waals surface area contributed by atoms with Crippen LogP contribution in [0, 0.1) is 0 Å².